The number of nitrogens with one attached hydrogen (secondary N) is 1. The number of carboxylic acid groups (broad SMARTS) is 1. The molecular weight excluding hydrogens is 306 g/mol. The molecule has 2 aromatic rings. The molecule has 24 heavy (non-hydrogen) atoms. The van der Waals surface area contributed by atoms with Crippen LogP contribution in [0.1, 0.15) is 55.9 Å². The molecule has 0 fully saturated rings. The maximum absolute atomic E-state index is 12.2. The topological polar surface area (TPSA) is 79.5 Å². The van der Waals surface area contributed by atoms with Crippen molar-refractivity contribution >= 4 is 11.9 Å². The number of furan rings is 1. The van der Waals surface area contributed by atoms with Crippen molar-refractivity contribution in [3.63, 3.8) is 0 Å². The van der Waals surface area contributed by atoms with Crippen LogP contribution in [0.15, 0.2) is 22.6 Å². The van der Waals surface area contributed by atoms with Crippen molar-refractivity contribution < 1.29 is 19.1 Å². The van der Waals surface area contributed by atoms with Crippen LogP contribution in [-0.2, 0) is 12.8 Å². The minimum atomic E-state index is -1.08. The SMILES string of the molecule is CCc1oc(C(=O)NCCc2c(C)cc(C)cc2C)cc1C(=O)O. The van der Waals surface area contributed by atoms with Gasteiger partial charge in [-0.1, -0.05) is 24.6 Å². The Morgan fingerprint density at radius 3 is 2.25 bits per heavy atom. The van der Waals surface area contributed by atoms with Crippen LogP contribution in [0.2, 0.25) is 0 Å². The molecule has 5 nitrogen and oxygen atoms in total. The van der Waals surface area contributed by atoms with E-state index in [0.717, 1.165) is 6.42 Å². The van der Waals surface area contributed by atoms with E-state index in [9.17, 15) is 9.59 Å². The van der Waals surface area contributed by atoms with Gasteiger partial charge in [0, 0.05) is 19.0 Å². The Morgan fingerprint density at radius 2 is 1.75 bits per heavy atom. The Labute approximate surface area is 141 Å². The van der Waals surface area contributed by atoms with Crippen molar-refractivity contribution in [1.82, 2.24) is 5.32 Å². The van der Waals surface area contributed by atoms with E-state index in [4.69, 9.17) is 9.52 Å². The Bertz CT molecular complexity index is 751. The van der Waals surface area contributed by atoms with Crippen LogP contribution >= 0.6 is 0 Å². The smallest absolute Gasteiger partial charge is 0.339 e. The second kappa shape index (κ2) is 7.34. The molecule has 0 aliphatic rings. The molecule has 1 amide bonds. The van der Waals surface area contributed by atoms with E-state index in [2.05, 4.69) is 38.2 Å². The van der Waals surface area contributed by atoms with E-state index >= 15 is 0 Å². The van der Waals surface area contributed by atoms with Crippen LogP contribution in [0.3, 0.4) is 0 Å². The van der Waals surface area contributed by atoms with Gasteiger partial charge in [0.25, 0.3) is 5.91 Å². The summed E-state index contributed by atoms with van der Waals surface area (Å²) in [5.41, 5.74) is 4.91. The molecule has 128 valence electrons. The molecule has 0 atom stereocenters. The van der Waals surface area contributed by atoms with Crippen LogP contribution in [-0.4, -0.2) is 23.5 Å². The third-order valence-corrected chi connectivity index (χ3v) is 4.09. The summed E-state index contributed by atoms with van der Waals surface area (Å²) in [4.78, 5) is 23.3. The predicted molar refractivity (Wildman–Crippen MR) is 91.7 cm³/mol. The molecule has 2 rings (SSSR count). The van der Waals surface area contributed by atoms with Crippen molar-refractivity contribution in [2.75, 3.05) is 6.54 Å². The maximum atomic E-state index is 12.2. The van der Waals surface area contributed by atoms with Gasteiger partial charge in [0.05, 0.1) is 0 Å². The number of hydrogen-bond donors (Lipinski definition) is 2. The Hall–Kier alpha value is -2.56. The molecule has 0 aliphatic heterocycles. The molecule has 0 saturated heterocycles. The molecule has 2 N–H and O–H groups in total. The van der Waals surface area contributed by atoms with Gasteiger partial charge in [-0.15, -0.1) is 0 Å². The van der Waals surface area contributed by atoms with Gasteiger partial charge in [0.2, 0.25) is 0 Å². The number of carbonyl (C=O) groups excluding carboxylic acids is 1. The zero-order valence-electron chi connectivity index (χ0n) is 14.5. The standard InChI is InChI=1S/C19H23NO4/c1-5-16-15(19(22)23)10-17(24-16)18(21)20-7-6-14-12(3)8-11(2)9-13(14)4/h8-10H,5-7H2,1-4H3,(H,20,21)(H,22,23). The number of amides is 1. The van der Waals surface area contributed by atoms with Crippen molar-refractivity contribution in [2.45, 2.75) is 40.5 Å². The maximum Gasteiger partial charge on any atom is 0.339 e. The molecule has 0 spiro atoms. The summed E-state index contributed by atoms with van der Waals surface area (Å²) >= 11 is 0. The zero-order chi connectivity index (χ0) is 17.9. The lowest BCUT2D eigenvalue weighted by molar-refractivity contribution is 0.0694. The Balaban J connectivity index is 2.03. The zero-order valence-corrected chi connectivity index (χ0v) is 14.5. The Morgan fingerprint density at radius 1 is 1.12 bits per heavy atom. The lowest BCUT2D eigenvalue weighted by atomic mass is 9.97. The highest BCUT2D eigenvalue weighted by atomic mass is 16.4. The predicted octanol–water partition coefficient (Wildman–Crippen LogP) is 3.44. The number of hydrogen-bond acceptors (Lipinski definition) is 3. The van der Waals surface area contributed by atoms with Crippen molar-refractivity contribution in [3.8, 4) is 0 Å². The third kappa shape index (κ3) is 3.85. The van der Waals surface area contributed by atoms with Crippen LogP contribution in [0.25, 0.3) is 0 Å². The number of carboxylic acids is 1. The van der Waals surface area contributed by atoms with Crippen molar-refractivity contribution in [1.29, 1.82) is 0 Å². The van der Waals surface area contributed by atoms with Gasteiger partial charge in [-0.25, -0.2) is 4.79 Å². The third-order valence-electron chi connectivity index (χ3n) is 4.09. The number of aromatic carboxylic acids is 1. The normalized spacial score (nSPS) is 10.7. The highest BCUT2D eigenvalue weighted by Gasteiger charge is 2.19. The molecule has 0 bridgehead atoms. The first kappa shape index (κ1) is 17.8. The van der Waals surface area contributed by atoms with Gasteiger partial charge in [0.15, 0.2) is 5.76 Å². The Kier molecular flexibility index (Phi) is 5.44. The van der Waals surface area contributed by atoms with E-state index < -0.39 is 5.97 Å². The molecule has 0 aliphatic carbocycles. The summed E-state index contributed by atoms with van der Waals surface area (Å²) in [7, 11) is 0. The molecule has 0 radical (unpaired) electrons. The van der Waals surface area contributed by atoms with Crippen molar-refractivity contribution in [3.05, 3.63) is 57.5 Å². The van der Waals surface area contributed by atoms with E-state index in [0.29, 0.717) is 18.7 Å². The van der Waals surface area contributed by atoms with E-state index in [1.807, 2.05) is 0 Å². The van der Waals surface area contributed by atoms with Crippen LogP contribution in [0.4, 0.5) is 0 Å². The molecule has 5 heteroatoms. The summed E-state index contributed by atoms with van der Waals surface area (Å²) in [6, 6.07) is 5.55. The van der Waals surface area contributed by atoms with Crippen LogP contribution in [0.5, 0.6) is 0 Å². The monoisotopic (exact) mass is 329 g/mol. The fourth-order valence-electron chi connectivity index (χ4n) is 2.98. The van der Waals surface area contributed by atoms with Gasteiger partial charge < -0.3 is 14.8 Å². The van der Waals surface area contributed by atoms with E-state index in [1.54, 1.807) is 6.92 Å². The van der Waals surface area contributed by atoms with Gasteiger partial charge in [-0.05, 0) is 43.9 Å². The highest BCUT2D eigenvalue weighted by Crippen LogP contribution is 2.18. The first-order valence-electron chi connectivity index (χ1n) is 8.04. The van der Waals surface area contributed by atoms with Crippen LogP contribution in [0, 0.1) is 20.8 Å². The number of carbonyl (C=O) groups is 2. The van der Waals surface area contributed by atoms with Gasteiger partial charge >= 0.3 is 5.97 Å². The summed E-state index contributed by atoms with van der Waals surface area (Å²) in [5.74, 6) is -1.11. The minimum Gasteiger partial charge on any atom is -0.478 e. The summed E-state index contributed by atoms with van der Waals surface area (Å²) < 4.78 is 5.36. The lowest BCUT2D eigenvalue weighted by Gasteiger charge is -2.11. The molecular formula is C19H23NO4. The van der Waals surface area contributed by atoms with Gasteiger partial charge in [0.1, 0.15) is 11.3 Å². The lowest BCUT2D eigenvalue weighted by Crippen LogP contribution is -2.25. The molecule has 0 unspecified atom stereocenters. The average Bonchev–Trinajstić information content (AvgIpc) is 2.94. The molecule has 1 aromatic carbocycles. The average molecular weight is 329 g/mol. The van der Waals surface area contributed by atoms with Crippen LogP contribution < -0.4 is 5.32 Å². The number of benzene rings is 1. The minimum absolute atomic E-state index is 0.0431. The van der Waals surface area contributed by atoms with E-state index in [-0.39, 0.29) is 17.2 Å². The summed E-state index contributed by atoms with van der Waals surface area (Å²) in [6.07, 6.45) is 1.15. The first-order chi connectivity index (χ1) is 11.3. The number of aryl methyl sites for hydroxylation is 4. The fraction of sp³-hybridized carbons (Fsp3) is 0.368. The second-order valence-electron chi connectivity index (χ2n) is 5.99. The molecule has 0 saturated carbocycles. The second-order valence-corrected chi connectivity index (χ2v) is 5.99. The number of rotatable bonds is 6. The highest BCUT2D eigenvalue weighted by molar-refractivity contribution is 5.96. The largest absolute Gasteiger partial charge is 0.478 e. The molecule has 1 aromatic heterocycles. The fourth-order valence-corrected chi connectivity index (χ4v) is 2.98. The van der Waals surface area contributed by atoms with Crippen molar-refractivity contribution in [2.24, 2.45) is 0 Å². The first-order valence-corrected chi connectivity index (χ1v) is 8.04. The summed E-state index contributed by atoms with van der Waals surface area (Å²) in [5, 5.41) is 11.9. The van der Waals surface area contributed by atoms with E-state index in [1.165, 1.54) is 28.3 Å². The van der Waals surface area contributed by atoms with Gasteiger partial charge in [-0.2, -0.15) is 0 Å². The quantitative estimate of drug-likeness (QED) is 0.851. The van der Waals surface area contributed by atoms with Gasteiger partial charge in [-0.3, -0.25) is 4.79 Å². The summed E-state index contributed by atoms with van der Waals surface area (Å²) in [6.45, 7) is 8.45. The molecule has 1 heterocycles.